The van der Waals surface area contributed by atoms with E-state index in [1.165, 1.54) is 0 Å². The predicted octanol–water partition coefficient (Wildman–Crippen LogP) is 0.579. The van der Waals surface area contributed by atoms with E-state index < -0.39 is 21.0 Å². The fraction of sp³-hybridized carbons (Fsp3) is 0.714. The molecule has 0 heterocycles. The normalized spacial score (nSPS) is 22.4. The molecule has 3 nitrogen and oxygen atoms in total. The van der Waals surface area contributed by atoms with Crippen molar-refractivity contribution in [3.8, 4) is 0 Å². The molecule has 0 unspecified atom stereocenters. The lowest BCUT2D eigenvalue weighted by atomic mass is 10.2. The fourth-order valence-corrected chi connectivity index (χ4v) is 1.30. The fourth-order valence-electron chi connectivity index (χ4n) is 0.892. The first-order chi connectivity index (χ1) is 5.41. The van der Waals surface area contributed by atoms with E-state index in [0.29, 0.717) is 0 Å². The summed E-state index contributed by atoms with van der Waals surface area (Å²) in [4.78, 5) is 0. The van der Waals surface area contributed by atoms with E-state index >= 15 is 0 Å². The molecule has 12 heavy (non-hydrogen) atoms. The van der Waals surface area contributed by atoms with Crippen LogP contribution in [0.25, 0.3) is 0 Å². The zero-order chi connectivity index (χ0) is 9.35. The molecule has 1 rings (SSSR count). The number of hydrogen-bond acceptors (Lipinski definition) is 3. The average molecular weight is 193 g/mol. The van der Waals surface area contributed by atoms with Gasteiger partial charge in [0.2, 0.25) is 15.0 Å². The molecule has 0 aromatic carbocycles. The Kier molecular flexibility index (Phi) is 2.53. The highest BCUT2D eigenvalue weighted by molar-refractivity contribution is 7.94. The summed E-state index contributed by atoms with van der Waals surface area (Å²) in [5.74, 6) is 0.275. The van der Waals surface area contributed by atoms with Crippen molar-refractivity contribution in [2.45, 2.75) is 18.9 Å². The molecule has 1 aliphatic carbocycles. The molecule has 0 saturated heterocycles. The van der Waals surface area contributed by atoms with Crippen molar-refractivity contribution in [1.29, 1.82) is 0 Å². The molecule has 0 aliphatic heterocycles. The zero-order valence-corrected chi connectivity index (χ0v) is 7.64. The third-order valence-corrected chi connectivity index (χ3v) is 2.69. The molecule has 1 fully saturated rings. The number of sulfone groups is 1. The van der Waals surface area contributed by atoms with E-state index in [2.05, 4.69) is 0 Å². The van der Waals surface area contributed by atoms with Gasteiger partial charge in [-0.1, -0.05) is 0 Å². The smallest absolute Gasteiger partial charge is 0.211 e. The van der Waals surface area contributed by atoms with Crippen molar-refractivity contribution in [2.75, 3.05) is 6.26 Å². The standard InChI is InChI=1S/C7H12FNO2S/c1-12(10,11)7(8)4-6(9)5-2-3-5/h4-6H,2-3,9H2,1H3/b7-4-/t6-/m1/s1. The number of nitrogens with two attached hydrogens (primary N) is 1. The van der Waals surface area contributed by atoms with E-state index in [1.54, 1.807) is 0 Å². The van der Waals surface area contributed by atoms with Crippen LogP contribution < -0.4 is 5.73 Å². The molecular formula is C7H12FNO2S. The molecule has 1 aliphatic rings. The van der Waals surface area contributed by atoms with Crippen LogP contribution >= 0.6 is 0 Å². The topological polar surface area (TPSA) is 60.2 Å². The Morgan fingerprint density at radius 3 is 2.50 bits per heavy atom. The Balaban J connectivity index is 2.67. The van der Waals surface area contributed by atoms with E-state index in [1.807, 2.05) is 0 Å². The summed E-state index contributed by atoms with van der Waals surface area (Å²) in [7, 11) is -3.69. The summed E-state index contributed by atoms with van der Waals surface area (Å²) in [6.07, 6.45) is 3.76. The minimum atomic E-state index is -3.69. The quantitative estimate of drug-likeness (QED) is 0.713. The molecule has 0 aromatic rings. The SMILES string of the molecule is CS(=O)(=O)/C(F)=C\[C@@H](N)C1CC1. The Morgan fingerprint density at radius 2 is 2.17 bits per heavy atom. The predicted molar refractivity (Wildman–Crippen MR) is 44.7 cm³/mol. The first-order valence-corrected chi connectivity index (χ1v) is 5.63. The Labute approximate surface area is 71.4 Å². The molecule has 0 spiro atoms. The summed E-state index contributed by atoms with van der Waals surface area (Å²) in [5.41, 5.74) is 5.50. The third-order valence-electron chi connectivity index (χ3n) is 1.84. The summed E-state index contributed by atoms with van der Waals surface area (Å²) in [5, 5.41) is -1.11. The van der Waals surface area contributed by atoms with Crippen LogP contribution in [0.5, 0.6) is 0 Å². The molecule has 0 bridgehead atoms. The summed E-state index contributed by atoms with van der Waals surface area (Å²) in [6, 6.07) is -0.445. The van der Waals surface area contributed by atoms with Gasteiger partial charge in [0.1, 0.15) is 0 Å². The van der Waals surface area contributed by atoms with Gasteiger partial charge in [0.15, 0.2) is 0 Å². The minimum Gasteiger partial charge on any atom is -0.324 e. The van der Waals surface area contributed by atoms with Gasteiger partial charge >= 0.3 is 0 Å². The van der Waals surface area contributed by atoms with Crippen molar-refractivity contribution >= 4 is 9.84 Å². The van der Waals surface area contributed by atoms with Crippen molar-refractivity contribution < 1.29 is 12.8 Å². The molecule has 70 valence electrons. The minimum absolute atomic E-state index is 0.275. The van der Waals surface area contributed by atoms with Crippen LogP contribution in [0, 0.1) is 5.92 Å². The van der Waals surface area contributed by atoms with Crippen LogP contribution in [0.2, 0.25) is 0 Å². The number of halogens is 1. The highest BCUT2D eigenvalue weighted by atomic mass is 32.2. The first-order valence-electron chi connectivity index (χ1n) is 3.74. The molecule has 0 amide bonds. The molecule has 0 aromatic heterocycles. The maximum atomic E-state index is 12.7. The zero-order valence-electron chi connectivity index (χ0n) is 6.83. The van der Waals surface area contributed by atoms with Crippen molar-refractivity contribution in [3.05, 3.63) is 11.2 Å². The van der Waals surface area contributed by atoms with E-state index in [0.717, 1.165) is 25.2 Å². The second-order valence-electron chi connectivity index (χ2n) is 3.16. The monoisotopic (exact) mass is 193 g/mol. The van der Waals surface area contributed by atoms with Gasteiger partial charge in [-0.05, 0) is 24.8 Å². The molecule has 1 saturated carbocycles. The van der Waals surface area contributed by atoms with Gasteiger partial charge in [0, 0.05) is 12.3 Å². The molecular weight excluding hydrogens is 181 g/mol. The van der Waals surface area contributed by atoms with Gasteiger partial charge in [-0.25, -0.2) is 8.42 Å². The van der Waals surface area contributed by atoms with Crippen LogP contribution in [0.3, 0.4) is 0 Å². The van der Waals surface area contributed by atoms with Gasteiger partial charge in [-0.15, -0.1) is 0 Å². The van der Waals surface area contributed by atoms with Crippen molar-refractivity contribution in [3.63, 3.8) is 0 Å². The maximum absolute atomic E-state index is 12.7. The van der Waals surface area contributed by atoms with E-state index in [4.69, 9.17) is 5.73 Å². The lowest BCUT2D eigenvalue weighted by Crippen LogP contribution is -2.20. The maximum Gasteiger partial charge on any atom is 0.211 e. The van der Waals surface area contributed by atoms with Crippen LogP contribution in [-0.4, -0.2) is 20.7 Å². The highest BCUT2D eigenvalue weighted by Gasteiger charge is 2.28. The highest BCUT2D eigenvalue weighted by Crippen LogP contribution is 2.32. The second kappa shape index (κ2) is 3.14. The Morgan fingerprint density at radius 1 is 1.67 bits per heavy atom. The summed E-state index contributed by atoms with van der Waals surface area (Å²) in [6.45, 7) is 0. The molecule has 5 heteroatoms. The Bertz CT molecular complexity index is 293. The lowest BCUT2D eigenvalue weighted by molar-refractivity contribution is 0.576. The van der Waals surface area contributed by atoms with Crippen LogP contribution in [0.1, 0.15) is 12.8 Å². The number of hydrogen-bond donors (Lipinski definition) is 1. The van der Waals surface area contributed by atoms with E-state index in [9.17, 15) is 12.8 Å². The Hall–Kier alpha value is -0.420. The van der Waals surface area contributed by atoms with Gasteiger partial charge in [-0.2, -0.15) is 4.39 Å². The molecule has 0 radical (unpaired) electrons. The van der Waals surface area contributed by atoms with Crippen molar-refractivity contribution in [2.24, 2.45) is 11.7 Å². The van der Waals surface area contributed by atoms with Gasteiger partial charge < -0.3 is 5.73 Å². The molecule has 2 N–H and O–H groups in total. The summed E-state index contributed by atoms with van der Waals surface area (Å²) >= 11 is 0. The van der Waals surface area contributed by atoms with Gasteiger partial charge in [0.05, 0.1) is 0 Å². The van der Waals surface area contributed by atoms with Gasteiger partial charge in [0.25, 0.3) is 0 Å². The van der Waals surface area contributed by atoms with Crippen LogP contribution in [0.4, 0.5) is 4.39 Å². The molecule has 1 atom stereocenters. The van der Waals surface area contributed by atoms with E-state index in [-0.39, 0.29) is 5.92 Å². The first kappa shape index (κ1) is 9.67. The number of rotatable bonds is 3. The van der Waals surface area contributed by atoms with Gasteiger partial charge in [-0.3, -0.25) is 0 Å². The van der Waals surface area contributed by atoms with Crippen LogP contribution in [-0.2, 0) is 9.84 Å². The summed E-state index contributed by atoms with van der Waals surface area (Å²) < 4.78 is 34.0. The third kappa shape index (κ3) is 2.57. The van der Waals surface area contributed by atoms with Crippen molar-refractivity contribution in [1.82, 2.24) is 0 Å². The second-order valence-corrected chi connectivity index (χ2v) is 5.09. The van der Waals surface area contributed by atoms with Crippen LogP contribution in [0.15, 0.2) is 11.2 Å². The lowest BCUT2D eigenvalue weighted by Gasteiger charge is -2.02. The average Bonchev–Trinajstić information content (AvgIpc) is 2.65. The largest absolute Gasteiger partial charge is 0.324 e.